The van der Waals surface area contributed by atoms with Crippen molar-refractivity contribution in [2.24, 2.45) is 0 Å². The topological polar surface area (TPSA) is 101 Å². The predicted octanol–water partition coefficient (Wildman–Crippen LogP) is 1.82. The number of methoxy groups -OCH3 is 1. The summed E-state index contributed by atoms with van der Waals surface area (Å²) < 4.78 is 4.27. The van der Waals surface area contributed by atoms with E-state index in [1.807, 2.05) is 0 Å². The van der Waals surface area contributed by atoms with Crippen LogP contribution < -0.4 is 0 Å². The molecule has 0 saturated heterocycles. The Morgan fingerprint density at radius 3 is 1.50 bits per heavy atom. The fourth-order valence-corrected chi connectivity index (χ4v) is 0.317. The summed E-state index contributed by atoms with van der Waals surface area (Å²) in [6, 6.07) is 0. The molecule has 0 amide bonds. The molecule has 6 nitrogen and oxygen atoms in total. The molecule has 7 heteroatoms. The zero-order valence-corrected chi connectivity index (χ0v) is 10.8. The Bertz CT molecular complexity index is 316. The minimum absolute atomic E-state index is 0.347. The summed E-state index contributed by atoms with van der Waals surface area (Å²) in [5, 5.41) is 15.6. The lowest BCUT2D eigenvalue weighted by Gasteiger charge is -1.91. The third kappa shape index (κ3) is 29.2. The lowest BCUT2D eigenvalue weighted by molar-refractivity contribution is -0.136. The van der Waals surface area contributed by atoms with E-state index in [2.05, 4.69) is 17.9 Å². The molecule has 0 bridgehead atoms. The third-order valence-electron chi connectivity index (χ3n) is 0.902. The minimum atomic E-state index is -1.26. The van der Waals surface area contributed by atoms with Gasteiger partial charge in [0, 0.05) is 17.7 Å². The number of carboxylic acids is 2. The van der Waals surface area contributed by atoms with E-state index in [4.69, 9.17) is 21.8 Å². The Balaban J connectivity index is -0.000000207. The Kier molecular flexibility index (Phi) is 17.6. The first kappa shape index (κ1) is 21.2. The third-order valence-corrected chi connectivity index (χ3v) is 0.902. The van der Waals surface area contributed by atoms with Crippen LogP contribution in [0.5, 0.6) is 0 Å². The van der Waals surface area contributed by atoms with Gasteiger partial charge in [0.25, 0.3) is 0 Å². The molecular weight excluding hydrogens is 264 g/mol. The van der Waals surface area contributed by atoms with Crippen molar-refractivity contribution in [3.8, 4) is 0 Å². The van der Waals surface area contributed by atoms with Crippen molar-refractivity contribution in [2.75, 3.05) is 7.11 Å². The molecule has 0 radical (unpaired) electrons. The van der Waals surface area contributed by atoms with E-state index in [-0.39, 0.29) is 5.97 Å². The maximum absolute atomic E-state index is 10.2. The zero-order chi connectivity index (χ0) is 15.1. The first-order valence-electron chi connectivity index (χ1n) is 4.31. The van der Waals surface area contributed by atoms with Crippen molar-refractivity contribution in [3.05, 3.63) is 36.4 Å². The molecule has 0 unspecified atom stereocenters. The summed E-state index contributed by atoms with van der Waals surface area (Å²) in [7, 11) is 1.33. The first-order valence-corrected chi connectivity index (χ1v) is 4.75. The fourth-order valence-electron chi connectivity index (χ4n) is 0.317. The molecule has 0 aromatic heterocycles. The highest BCUT2D eigenvalue weighted by Crippen LogP contribution is 1.87. The molecule has 0 aromatic carbocycles. The van der Waals surface area contributed by atoms with Gasteiger partial charge >= 0.3 is 17.9 Å². The normalized spacial score (nSPS) is 7.94. The number of esters is 1. The standard InChI is InChI=1S/C5H8O2.C4H4O4.C2H3Cl/c1-4(2)5(6)7-3;5-3(6)1-2-4(7)8;1-2-3/h1H2,2-3H3;1-2H,(H,5,6)(H,7,8);2H,1H2/b;2-1-;. The number of ether oxygens (including phenoxy) is 1. The van der Waals surface area contributed by atoms with Gasteiger partial charge in [0.05, 0.1) is 7.11 Å². The molecule has 0 heterocycles. The summed E-state index contributed by atoms with van der Waals surface area (Å²) >= 11 is 4.76. The van der Waals surface area contributed by atoms with Gasteiger partial charge in [-0.25, -0.2) is 14.4 Å². The van der Waals surface area contributed by atoms with Crippen LogP contribution >= 0.6 is 11.6 Å². The maximum Gasteiger partial charge on any atom is 0.332 e. The number of aliphatic carboxylic acids is 2. The quantitative estimate of drug-likeness (QED) is 0.603. The number of hydrogen-bond donors (Lipinski definition) is 2. The van der Waals surface area contributed by atoms with E-state index in [9.17, 15) is 14.4 Å². The Labute approximate surface area is 110 Å². The lowest BCUT2D eigenvalue weighted by Crippen LogP contribution is -1.98. The Hall–Kier alpha value is -2.08. The molecule has 0 aliphatic rings. The second-order valence-electron chi connectivity index (χ2n) is 2.44. The average Bonchev–Trinajstić information content (AvgIpc) is 2.27. The minimum Gasteiger partial charge on any atom is -0.478 e. The summed E-state index contributed by atoms with van der Waals surface area (Å²) in [5.41, 5.74) is 1.66. The molecule has 18 heavy (non-hydrogen) atoms. The molecule has 0 saturated carbocycles. The molecule has 0 rings (SSSR count). The Morgan fingerprint density at radius 2 is 1.44 bits per heavy atom. The summed E-state index contributed by atoms with van der Waals surface area (Å²) in [6.45, 7) is 8.08. The van der Waals surface area contributed by atoms with Crippen molar-refractivity contribution < 1.29 is 29.3 Å². The van der Waals surface area contributed by atoms with Crippen LogP contribution in [0.25, 0.3) is 0 Å². The molecule has 0 aliphatic carbocycles. The van der Waals surface area contributed by atoms with Gasteiger partial charge in [0.15, 0.2) is 0 Å². The van der Waals surface area contributed by atoms with E-state index in [1.54, 1.807) is 6.92 Å². The lowest BCUT2D eigenvalue weighted by atomic mass is 10.4. The van der Waals surface area contributed by atoms with Crippen LogP contribution in [0.2, 0.25) is 0 Å². The van der Waals surface area contributed by atoms with Crippen LogP contribution in [0, 0.1) is 0 Å². The van der Waals surface area contributed by atoms with Gasteiger partial charge in [0.2, 0.25) is 0 Å². The molecule has 0 spiro atoms. The number of carbonyl (C=O) groups is 3. The molecule has 0 aromatic rings. The molecule has 0 fully saturated rings. The van der Waals surface area contributed by atoms with E-state index < -0.39 is 11.9 Å². The fraction of sp³-hybridized carbons (Fsp3) is 0.182. The predicted molar refractivity (Wildman–Crippen MR) is 67.3 cm³/mol. The zero-order valence-electron chi connectivity index (χ0n) is 10.1. The van der Waals surface area contributed by atoms with Crippen LogP contribution in [0.15, 0.2) is 36.4 Å². The molecule has 0 aliphatic heterocycles. The number of rotatable bonds is 3. The monoisotopic (exact) mass is 278 g/mol. The number of halogens is 1. The molecular formula is C11H15ClO6. The van der Waals surface area contributed by atoms with Crippen molar-refractivity contribution in [1.29, 1.82) is 0 Å². The SMILES string of the molecule is C=C(C)C(=O)OC.C=CCl.O=C(O)/C=C\C(=O)O. The number of carbonyl (C=O) groups excluding carboxylic acids is 1. The van der Waals surface area contributed by atoms with Gasteiger partial charge in [-0.15, -0.1) is 0 Å². The van der Waals surface area contributed by atoms with Gasteiger partial charge in [0.1, 0.15) is 0 Å². The number of hydrogen-bond acceptors (Lipinski definition) is 4. The summed E-state index contributed by atoms with van der Waals surface area (Å²) in [6.07, 6.45) is 1.12. The largest absolute Gasteiger partial charge is 0.478 e. The Morgan fingerprint density at radius 1 is 1.17 bits per heavy atom. The van der Waals surface area contributed by atoms with E-state index >= 15 is 0 Å². The van der Waals surface area contributed by atoms with E-state index in [1.165, 1.54) is 12.6 Å². The van der Waals surface area contributed by atoms with Crippen molar-refractivity contribution in [2.45, 2.75) is 6.92 Å². The molecule has 0 atom stereocenters. The molecule has 102 valence electrons. The number of carboxylic acid groups (broad SMARTS) is 2. The highest BCUT2D eigenvalue weighted by molar-refractivity contribution is 6.25. The average molecular weight is 279 g/mol. The van der Waals surface area contributed by atoms with Crippen LogP contribution in [-0.2, 0) is 19.1 Å². The van der Waals surface area contributed by atoms with Crippen LogP contribution in [-0.4, -0.2) is 35.2 Å². The van der Waals surface area contributed by atoms with Crippen LogP contribution in [0.1, 0.15) is 6.92 Å². The van der Waals surface area contributed by atoms with E-state index in [0.717, 1.165) is 0 Å². The van der Waals surface area contributed by atoms with E-state index in [0.29, 0.717) is 17.7 Å². The first-order chi connectivity index (χ1) is 8.22. The summed E-state index contributed by atoms with van der Waals surface area (Å²) in [4.78, 5) is 29.3. The van der Waals surface area contributed by atoms with Gasteiger partial charge in [-0.3, -0.25) is 0 Å². The van der Waals surface area contributed by atoms with Gasteiger partial charge in [-0.1, -0.05) is 24.8 Å². The molecule has 2 N–H and O–H groups in total. The maximum atomic E-state index is 10.2. The van der Waals surface area contributed by atoms with Crippen molar-refractivity contribution in [1.82, 2.24) is 0 Å². The van der Waals surface area contributed by atoms with Crippen molar-refractivity contribution in [3.63, 3.8) is 0 Å². The van der Waals surface area contributed by atoms with Crippen LogP contribution in [0.3, 0.4) is 0 Å². The smallest absolute Gasteiger partial charge is 0.332 e. The van der Waals surface area contributed by atoms with Crippen LogP contribution in [0.4, 0.5) is 0 Å². The second kappa shape index (κ2) is 14.9. The second-order valence-corrected chi connectivity index (χ2v) is 2.74. The van der Waals surface area contributed by atoms with Gasteiger partial charge < -0.3 is 14.9 Å². The highest BCUT2D eigenvalue weighted by Gasteiger charge is 1.95. The van der Waals surface area contributed by atoms with Gasteiger partial charge in [-0.05, 0) is 12.5 Å². The summed E-state index contributed by atoms with van der Waals surface area (Å²) in [5.74, 6) is -2.86. The highest BCUT2D eigenvalue weighted by atomic mass is 35.5. The van der Waals surface area contributed by atoms with Crippen molar-refractivity contribution >= 4 is 29.5 Å². The van der Waals surface area contributed by atoms with Gasteiger partial charge in [-0.2, -0.15) is 0 Å².